The van der Waals surface area contributed by atoms with Crippen molar-refractivity contribution in [1.82, 2.24) is 5.32 Å². The summed E-state index contributed by atoms with van der Waals surface area (Å²) in [5, 5.41) is 3.02. The van der Waals surface area contributed by atoms with Crippen LogP contribution in [0.5, 0.6) is 11.5 Å². The molecule has 1 N–H and O–H groups in total. The summed E-state index contributed by atoms with van der Waals surface area (Å²) in [6.07, 6.45) is 0.0662. The molecule has 0 aromatic heterocycles. The lowest BCUT2D eigenvalue weighted by Crippen LogP contribution is -2.39. The topological polar surface area (TPSA) is 47.6 Å². The molecule has 0 radical (unpaired) electrons. The van der Waals surface area contributed by atoms with E-state index in [-0.39, 0.29) is 11.9 Å². The van der Waals surface area contributed by atoms with Gasteiger partial charge in [-0.25, -0.2) is 0 Å². The van der Waals surface area contributed by atoms with Gasteiger partial charge in [0.2, 0.25) is 0 Å². The van der Waals surface area contributed by atoms with Gasteiger partial charge in [-0.1, -0.05) is 31.2 Å². The van der Waals surface area contributed by atoms with Crippen molar-refractivity contribution in [3.8, 4) is 11.5 Å². The van der Waals surface area contributed by atoms with Crippen molar-refractivity contribution < 1.29 is 14.3 Å². The molecule has 0 aliphatic carbocycles. The molecule has 0 spiro atoms. The summed E-state index contributed by atoms with van der Waals surface area (Å²) < 4.78 is 11.3. The van der Waals surface area contributed by atoms with Gasteiger partial charge in [-0.2, -0.15) is 0 Å². The van der Waals surface area contributed by atoms with Gasteiger partial charge in [-0.05, 0) is 56.5 Å². The third-order valence-corrected chi connectivity index (χ3v) is 4.38. The lowest BCUT2D eigenvalue weighted by molar-refractivity contribution is -0.128. The Morgan fingerprint density at radius 1 is 1.12 bits per heavy atom. The van der Waals surface area contributed by atoms with E-state index in [4.69, 9.17) is 9.47 Å². The minimum Gasteiger partial charge on any atom is -0.496 e. The molecule has 1 amide bonds. The summed E-state index contributed by atoms with van der Waals surface area (Å²) in [6.45, 7) is 7.97. The number of para-hydroxylation sites is 1. The van der Waals surface area contributed by atoms with Gasteiger partial charge >= 0.3 is 0 Å². The largest absolute Gasteiger partial charge is 0.496 e. The number of benzene rings is 2. The van der Waals surface area contributed by atoms with Crippen molar-refractivity contribution in [3.63, 3.8) is 0 Å². The number of carbonyl (C=O) groups is 1. The number of carbonyl (C=O) groups excluding carboxylic acids is 1. The molecule has 0 aliphatic rings. The SMILES string of the molecule is CCC(Oc1ccc(C)c(C)c1)C(=O)NC(C)c1ccccc1OC. The van der Waals surface area contributed by atoms with E-state index in [0.717, 1.165) is 22.6 Å². The highest BCUT2D eigenvalue weighted by molar-refractivity contribution is 5.81. The fraction of sp³-hybridized carbons (Fsp3) is 0.381. The fourth-order valence-electron chi connectivity index (χ4n) is 2.68. The summed E-state index contributed by atoms with van der Waals surface area (Å²) in [6, 6.07) is 13.4. The Bertz CT molecular complexity index is 727. The Morgan fingerprint density at radius 3 is 2.48 bits per heavy atom. The van der Waals surface area contributed by atoms with Crippen LogP contribution in [-0.4, -0.2) is 19.1 Å². The van der Waals surface area contributed by atoms with E-state index in [9.17, 15) is 4.79 Å². The number of hydrogen-bond acceptors (Lipinski definition) is 3. The summed E-state index contributed by atoms with van der Waals surface area (Å²) >= 11 is 0. The van der Waals surface area contributed by atoms with Crippen LogP contribution in [0.4, 0.5) is 0 Å². The van der Waals surface area contributed by atoms with Gasteiger partial charge in [0.25, 0.3) is 5.91 Å². The molecule has 2 aromatic carbocycles. The zero-order chi connectivity index (χ0) is 18.4. The van der Waals surface area contributed by atoms with Crippen LogP contribution in [-0.2, 0) is 4.79 Å². The van der Waals surface area contributed by atoms with Crippen molar-refractivity contribution >= 4 is 5.91 Å². The Morgan fingerprint density at radius 2 is 1.84 bits per heavy atom. The average Bonchev–Trinajstić information content (AvgIpc) is 2.62. The van der Waals surface area contributed by atoms with Crippen molar-refractivity contribution in [2.75, 3.05) is 7.11 Å². The Labute approximate surface area is 150 Å². The van der Waals surface area contributed by atoms with Crippen molar-refractivity contribution in [1.29, 1.82) is 0 Å². The molecule has 2 unspecified atom stereocenters. The minimum absolute atomic E-state index is 0.126. The zero-order valence-corrected chi connectivity index (χ0v) is 15.6. The molecule has 4 nitrogen and oxygen atoms in total. The first-order valence-electron chi connectivity index (χ1n) is 8.63. The maximum absolute atomic E-state index is 12.6. The van der Waals surface area contributed by atoms with Crippen LogP contribution >= 0.6 is 0 Å². The van der Waals surface area contributed by atoms with Gasteiger partial charge in [0.05, 0.1) is 13.2 Å². The van der Waals surface area contributed by atoms with E-state index in [1.165, 1.54) is 5.56 Å². The van der Waals surface area contributed by atoms with Gasteiger partial charge in [0.15, 0.2) is 6.10 Å². The molecule has 25 heavy (non-hydrogen) atoms. The number of nitrogens with one attached hydrogen (secondary N) is 1. The molecule has 0 fully saturated rings. The standard InChI is InChI=1S/C21H27NO3/c1-6-19(25-17-12-11-14(2)15(3)13-17)21(23)22-16(4)18-9-7-8-10-20(18)24-5/h7-13,16,19H,6H2,1-5H3,(H,22,23). The third-order valence-electron chi connectivity index (χ3n) is 4.38. The van der Waals surface area contributed by atoms with Gasteiger partial charge in [-0.3, -0.25) is 4.79 Å². The van der Waals surface area contributed by atoms with Crippen molar-refractivity contribution in [3.05, 3.63) is 59.2 Å². The fourth-order valence-corrected chi connectivity index (χ4v) is 2.68. The molecule has 2 aromatic rings. The molecule has 0 saturated heterocycles. The molecular weight excluding hydrogens is 314 g/mol. The van der Waals surface area contributed by atoms with Crippen LogP contribution in [0.25, 0.3) is 0 Å². The number of ether oxygens (including phenoxy) is 2. The van der Waals surface area contributed by atoms with Crippen LogP contribution in [0.3, 0.4) is 0 Å². The first-order chi connectivity index (χ1) is 12.0. The van der Waals surface area contributed by atoms with Crippen LogP contribution in [0.2, 0.25) is 0 Å². The van der Waals surface area contributed by atoms with E-state index in [1.54, 1.807) is 7.11 Å². The normalized spacial score (nSPS) is 13.0. The molecule has 0 aliphatic heterocycles. The average molecular weight is 341 g/mol. The maximum atomic E-state index is 12.6. The van der Waals surface area contributed by atoms with E-state index < -0.39 is 6.10 Å². The first-order valence-corrected chi connectivity index (χ1v) is 8.63. The highest BCUT2D eigenvalue weighted by Crippen LogP contribution is 2.25. The molecule has 134 valence electrons. The predicted octanol–water partition coefficient (Wildman–Crippen LogP) is 4.35. The lowest BCUT2D eigenvalue weighted by atomic mass is 10.1. The first kappa shape index (κ1) is 18.8. The van der Waals surface area contributed by atoms with Crippen molar-refractivity contribution in [2.24, 2.45) is 0 Å². The van der Waals surface area contributed by atoms with E-state index in [2.05, 4.69) is 12.2 Å². The highest BCUT2D eigenvalue weighted by Gasteiger charge is 2.22. The second-order valence-electron chi connectivity index (χ2n) is 6.23. The number of rotatable bonds is 7. The minimum atomic E-state index is -0.528. The highest BCUT2D eigenvalue weighted by atomic mass is 16.5. The van der Waals surface area contributed by atoms with Gasteiger partial charge < -0.3 is 14.8 Å². The molecule has 0 bridgehead atoms. The molecular formula is C21H27NO3. The quantitative estimate of drug-likeness (QED) is 0.814. The lowest BCUT2D eigenvalue weighted by Gasteiger charge is -2.22. The second-order valence-corrected chi connectivity index (χ2v) is 6.23. The van der Waals surface area contributed by atoms with Gasteiger partial charge in [-0.15, -0.1) is 0 Å². The Balaban J connectivity index is 2.07. The van der Waals surface area contributed by atoms with Crippen LogP contribution in [0, 0.1) is 13.8 Å². The molecule has 4 heteroatoms. The monoisotopic (exact) mass is 341 g/mol. The van der Waals surface area contributed by atoms with Gasteiger partial charge in [0, 0.05) is 5.56 Å². The summed E-state index contributed by atoms with van der Waals surface area (Å²) in [5.74, 6) is 1.35. The number of hydrogen-bond donors (Lipinski definition) is 1. The Kier molecular flexibility index (Phi) is 6.45. The summed E-state index contributed by atoms with van der Waals surface area (Å²) in [5.41, 5.74) is 3.30. The zero-order valence-electron chi connectivity index (χ0n) is 15.6. The summed E-state index contributed by atoms with van der Waals surface area (Å²) in [4.78, 5) is 12.6. The molecule has 2 rings (SSSR count). The molecule has 0 saturated carbocycles. The number of amides is 1. The number of methoxy groups -OCH3 is 1. The van der Waals surface area contributed by atoms with Crippen molar-refractivity contribution in [2.45, 2.75) is 46.3 Å². The predicted molar refractivity (Wildman–Crippen MR) is 100 cm³/mol. The van der Waals surface area contributed by atoms with Crippen LogP contribution < -0.4 is 14.8 Å². The Hall–Kier alpha value is -2.49. The van der Waals surface area contributed by atoms with E-state index in [1.807, 2.05) is 63.2 Å². The molecule has 2 atom stereocenters. The van der Waals surface area contributed by atoms with E-state index in [0.29, 0.717) is 6.42 Å². The van der Waals surface area contributed by atoms with Crippen LogP contribution in [0.1, 0.15) is 43.0 Å². The number of aryl methyl sites for hydroxylation is 2. The smallest absolute Gasteiger partial charge is 0.261 e. The van der Waals surface area contributed by atoms with E-state index >= 15 is 0 Å². The van der Waals surface area contributed by atoms with Crippen LogP contribution in [0.15, 0.2) is 42.5 Å². The third kappa shape index (κ3) is 4.75. The molecule has 0 heterocycles. The van der Waals surface area contributed by atoms with Gasteiger partial charge in [0.1, 0.15) is 11.5 Å². The summed E-state index contributed by atoms with van der Waals surface area (Å²) in [7, 11) is 1.63. The second kappa shape index (κ2) is 8.56. The maximum Gasteiger partial charge on any atom is 0.261 e.